The van der Waals surface area contributed by atoms with E-state index in [2.05, 4.69) is 72.5 Å². The van der Waals surface area contributed by atoms with Crippen LogP contribution in [0.25, 0.3) is 0 Å². The molecule has 21 heavy (non-hydrogen) atoms. The van der Waals surface area contributed by atoms with Gasteiger partial charge in [0.1, 0.15) is 0 Å². The molecular weight excluding hydrogens is 258 g/mol. The molecule has 1 aromatic heterocycles. The molecule has 2 rings (SSSR count). The minimum absolute atomic E-state index is 0.343. The molecule has 0 fully saturated rings. The van der Waals surface area contributed by atoms with E-state index in [4.69, 9.17) is 0 Å². The molecular formula is C18H25N3. The molecule has 0 aliphatic carbocycles. The number of pyridine rings is 1. The third-order valence-corrected chi connectivity index (χ3v) is 3.57. The van der Waals surface area contributed by atoms with Crippen molar-refractivity contribution in [2.75, 3.05) is 13.6 Å². The summed E-state index contributed by atoms with van der Waals surface area (Å²) < 4.78 is 0. The van der Waals surface area contributed by atoms with Crippen LogP contribution in [-0.2, 0) is 6.54 Å². The van der Waals surface area contributed by atoms with Crippen LogP contribution in [0.5, 0.6) is 0 Å². The van der Waals surface area contributed by atoms with Crippen LogP contribution in [0.15, 0.2) is 54.7 Å². The molecule has 1 atom stereocenters. The highest BCUT2D eigenvalue weighted by atomic mass is 15.2. The largest absolute Gasteiger partial charge is 0.313 e. The van der Waals surface area contributed by atoms with Gasteiger partial charge >= 0.3 is 0 Å². The molecule has 0 radical (unpaired) electrons. The maximum Gasteiger partial charge on any atom is 0.0544 e. The highest BCUT2D eigenvalue weighted by molar-refractivity contribution is 5.19. The van der Waals surface area contributed by atoms with Gasteiger partial charge in [0.2, 0.25) is 0 Å². The molecule has 0 saturated heterocycles. The average molecular weight is 283 g/mol. The summed E-state index contributed by atoms with van der Waals surface area (Å²) in [4.78, 5) is 6.78. The summed E-state index contributed by atoms with van der Waals surface area (Å²) in [6.07, 6.45) is 1.85. The van der Waals surface area contributed by atoms with E-state index in [1.165, 1.54) is 5.56 Å². The molecule has 1 N–H and O–H groups in total. The van der Waals surface area contributed by atoms with E-state index in [-0.39, 0.29) is 0 Å². The molecule has 0 saturated carbocycles. The number of hydrogen-bond acceptors (Lipinski definition) is 3. The number of likely N-dealkylation sites (N-methyl/N-ethyl adjacent to an activating group) is 1. The standard InChI is InChI=1S/C18H25N3/c1-15(2)20-13-18(16-9-5-4-6-10-16)21(3)14-17-11-7-8-12-19-17/h4-12,15,18,20H,13-14H2,1-3H3. The number of hydrogen-bond donors (Lipinski definition) is 1. The Labute approximate surface area is 128 Å². The van der Waals surface area contributed by atoms with Gasteiger partial charge < -0.3 is 5.32 Å². The summed E-state index contributed by atoms with van der Waals surface area (Å²) in [6, 6.07) is 17.6. The quantitative estimate of drug-likeness (QED) is 0.845. The van der Waals surface area contributed by atoms with Gasteiger partial charge in [0.25, 0.3) is 0 Å². The van der Waals surface area contributed by atoms with Crippen LogP contribution in [0, 0.1) is 0 Å². The van der Waals surface area contributed by atoms with Crippen molar-refractivity contribution < 1.29 is 0 Å². The van der Waals surface area contributed by atoms with Crippen LogP contribution in [0.1, 0.15) is 31.1 Å². The van der Waals surface area contributed by atoms with Crippen LogP contribution in [0.3, 0.4) is 0 Å². The van der Waals surface area contributed by atoms with Gasteiger partial charge in [0.05, 0.1) is 5.69 Å². The summed E-state index contributed by atoms with van der Waals surface area (Å²) in [6.45, 7) is 6.15. The number of benzene rings is 1. The van der Waals surface area contributed by atoms with Crippen LogP contribution < -0.4 is 5.32 Å². The number of rotatable bonds is 7. The molecule has 0 bridgehead atoms. The van der Waals surface area contributed by atoms with E-state index >= 15 is 0 Å². The predicted molar refractivity (Wildman–Crippen MR) is 88.0 cm³/mol. The van der Waals surface area contributed by atoms with E-state index in [0.717, 1.165) is 18.8 Å². The lowest BCUT2D eigenvalue weighted by Crippen LogP contribution is -2.36. The SMILES string of the molecule is CC(C)NCC(c1ccccc1)N(C)Cc1ccccn1. The minimum atomic E-state index is 0.343. The molecule has 0 amide bonds. The van der Waals surface area contributed by atoms with Crippen LogP contribution in [-0.4, -0.2) is 29.5 Å². The summed E-state index contributed by atoms with van der Waals surface area (Å²) in [5.41, 5.74) is 2.44. The Bertz CT molecular complexity index is 511. The smallest absolute Gasteiger partial charge is 0.0544 e. The van der Waals surface area contributed by atoms with E-state index in [1.807, 2.05) is 18.3 Å². The lowest BCUT2D eigenvalue weighted by molar-refractivity contribution is 0.224. The van der Waals surface area contributed by atoms with Crippen molar-refractivity contribution in [3.8, 4) is 0 Å². The van der Waals surface area contributed by atoms with Crippen molar-refractivity contribution in [2.45, 2.75) is 32.5 Å². The molecule has 1 aromatic carbocycles. The summed E-state index contributed by atoms with van der Waals surface area (Å²) in [7, 11) is 2.16. The normalized spacial score (nSPS) is 12.8. The zero-order valence-electron chi connectivity index (χ0n) is 13.2. The molecule has 1 unspecified atom stereocenters. The molecule has 0 spiro atoms. The number of aromatic nitrogens is 1. The van der Waals surface area contributed by atoms with Crippen molar-refractivity contribution >= 4 is 0 Å². The monoisotopic (exact) mass is 283 g/mol. The first-order chi connectivity index (χ1) is 10.2. The second-order valence-corrected chi connectivity index (χ2v) is 5.73. The number of nitrogens with one attached hydrogen (secondary N) is 1. The van der Waals surface area contributed by atoms with E-state index < -0.39 is 0 Å². The maximum absolute atomic E-state index is 4.43. The molecule has 0 aliphatic heterocycles. The topological polar surface area (TPSA) is 28.2 Å². The highest BCUT2D eigenvalue weighted by Gasteiger charge is 2.17. The Morgan fingerprint density at radius 3 is 2.38 bits per heavy atom. The van der Waals surface area contributed by atoms with Gasteiger partial charge in [-0.3, -0.25) is 9.88 Å². The second kappa shape index (κ2) is 7.91. The zero-order valence-corrected chi connectivity index (χ0v) is 13.2. The fourth-order valence-corrected chi connectivity index (χ4v) is 2.41. The van der Waals surface area contributed by atoms with Crippen molar-refractivity contribution in [1.29, 1.82) is 0 Å². The Morgan fingerprint density at radius 2 is 1.76 bits per heavy atom. The molecule has 2 aromatic rings. The lowest BCUT2D eigenvalue weighted by Gasteiger charge is -2.29. The second-order valence-electron chi connectivity index (χ2n) is 5.73. The zero-order chi connectivity index (χ0) is 15.1. The fourth-order valence-electron chi connectivity index (χ4n) is 2.41. The first-order valence-electron chi connectivity index (χ1n) is 7.55. The van der Waals surface area contributed by atoms with Crippen molar-refractivity contribution in [3.63, 3.8) is 0 Å². The van der Waals surface area contributed by atoms with Crippen molar-refractivity contribution in [2.24, 2.45) is 0 Å². The van der Waals surface area contributed by atoms with Gasteiger partial charge in [-0.1, -0.05) is 50.2 Å². The van der Waals surface area contributed by atoms with Gasteiger partial charge in [-0.25, -0.2) is 0 Å². The van der Waals surface area contributed by atoms with Crippen LogP contribution in [0.4, 0.5) is 0 Å². The predicted octanol–water partition coefficient (Wildman–Crippen LogP) is 3.25. The van der Waals surface area contributed by atoms with Crippen molar-refractivity contribution in [3.05, 3.63) is 66.0 Å². The summed E-state index contributed by atoms with van der Waals surface area (Å²) in [5, 5.41) is 3.55. The number of nitrogens with zero attached hydrogens (tertiary/aromatic N) is 2. The van der Waals surface area contributed by atoms with Crippen LogP contribution in [0.2, 0.25) is 0 Å². The molecule has 112 valence electrons. The Hall–Kier alpha value is -1.71. The summed E-state index contributed by atoms with van der Waals surface area (Å²) >= 11 is 0. The molecule has 0 aliphatic rings. The van der Waals surface area contributed by atoms with Gasteiger partial charge in [-0.2, -0.15) is 0 Å². The van der Waals surface area contributed by atoms with E-state index in [9.17, 15) is 0 Å². The fraction of sp³-hybridized carbons (Fsp3) is 0.389. The van der Waals surface area contributed by atoms with E-state index in [1.54, 1.807) is 0 Å². The molecule has 3 heteroatoms. The lowest BCUT2D eigenvalue weighted by atomic mass is 10.0. The first-order valence-corrected chi connectivity index (χ1v) is 7.55. The Kier molecular flexibility index (Phi) is 5.90. The molecule has 3 nitrogen and oxygen atoms in total. The van der Waals surface area contributed by atoms with Gasteiger partial charge in [-0.15, -0.1) is 0 Å². The third-order valence-electron chi connectivity index (χ3n) is 3.57. The van der Waals surface area contributed by atoms with Gasteiger partial charge in [-0.05, 0) is 24.7 Å². The van der Waals surface area contributed by atoms with Crippen LogP contribution >= 0.6 is 0 Å². The first kappa shape index (κ1) is 15.7. The minimum Gasteiger partial charge on any atom is -0.313 e. The maximum atomic E-state index is 4.43. The Balaban J connectivity index is 2.10. The average Bonchev–Trinajstić information content (AvgIpc) is 2.49. The third kappa shape index (κ3) is 4.96. The van der Waals surface area contributed by atoms with E-state index in [0.29, 0.717) is 12.1 Å². The molecule has 1 heterocycles. The van der Waals surface area contributed by atoms with Crippen molar-refractivity contribution in [1.82, 2.24) is 15.2 Å². The summed E-state index contributed by atoms with van der Waals surface area (Å²) in [5.74, 6) is 0. The Morgan fingerprint density at radius 1 is 1.05 bits per heavy atom. The van der Waals surface area contributed by atoms with Gasteiger partial charge in [0.15, 0.2) is 0 Å². The van der Waals surface area contributed by atoms with Gasteiger partial charge in [0, 0.05) is 31.4 Å². The highest BCUT2D eigenvalue weighted by Crippen LogP contribution is 2.20.